The third-order valence-corrected chi connectivity index (χ3v) is 5.14. The molecule has 1 N–H and O–H groups in total. The fraction of sp³-hybridized carbons (Fsp3) is 0.500. The van der Waals surface area contributed by atoms with Gasteiger partial charge >= 0.3 is 0 Å². The summed E-state index contributed by atoms with van der Waals surface area (Å²) in [5, 5.41) is 3.33. The predicted octanol–water partition coefficient (Wildman–Crippen LogP) is 1.96. The van der Waals surface area contributed by atoms with Gasteiger partial charge in [-0.1, -0.05) is 12.1 Å². The van der Waals surface area contributed by atoms with Crippen molar-refractivity contribution in [3.63, 3.8) is 0 Å². The van der Waals surface area contributed by atoms with Crippen LogP contribution in [0.1, 0.15) is 24.8 Å². The van der Waals surface area contributed by atoms with E-state index in [1.807, 2.05) is 0 Å². The largest absolute Gasteiger partial charge is 0.477 e. The minimum absolute atomic E-state index is 0. The Morgan fingerprint density at radius 1 is 1.24 bits per heavy atom. The molecule has 1 fully saturated rings. The molecule has 0 spiro atoms. The number of nitrogens with one attached hydrogen (secondary N) is 1. The van der Waals surface area contributed by atoms with Crippen molar-refractivity contribution < 1.29 is 13.2 Å². The Morgan fingerprint density at radius 2 is 1.95 bits per heavy atom. The summed E-state index contributed by atoms with van der Waals surface area (Å²) in [5.41, 5.74) is 0.581. The van der Waals surface area contributed by atoms with E-state index in [9.17, 15) is 8.42 Å². The zero-order valence-electron chi connectivity index (χ0n) is 11.6. The molecule has 2 aliphatic rings. The summed E-state index contributed by atoms with van der Waals surface area (Å²) in [6.07, 6.45) is 3.26. The third-order valence-electron chi connectivity index (χ3n) is 3.82. The summed E-state index contributed by atoms with van der Waals surface area (Å²) >= 11 is 0. The van der Waals surface area contributed by atoms with Gasteiger partial charge in [0.2, 0.25) is 5.90 Å². The van der Waals surface area contributed by atoms with Crippen molar-refractivity contribution in [3.8, 4) is 0 Å². The van der Waals surface area contributed by atoms with Crippen LogP contribution in [0.5, 0.6) is 0 Å². The first-order chi connectivity index (χ1) is 9.67. The number of sulfonamides is 1. The number of nitrogens with zero attached hydrogens (tertiary/aromatic N) is 1. The summed E-state index contributed by atoms with van der Waals surface area (Å²) in [6.45, 7) is 2.64. The number of halogens is 1. The summed E-state index contributed by atoms with van der Waals surface area (Å²) in [7, 11) is -3.56. The number of hydrogen-bond acceptors (Lipinski definition) is 4. The Balaban J connectivity index is 0.00000161. The van der Waals surface area contributed by atoms with Crippen molar-refractivity contribution in [3.05, 3.63) is 29.8 Å². The molecule has 21 heavy (non-hydrogen) atoms. The average Bonchev–Trinajstić information content (AvgIpc) is 2.72. The lowest BCUT2D eigenvalue weighted by Crippen LogP contribution is -2.28. The molecular formula is C14H19ClN2O3S. The molecule has 1 aromatic carbocycles. The van der Waals surface area contributed by atoms with Gasteiger partial charge in [0, 0.05) is 0 Å². The van der Waals surface area contributed by atoms with Crippen LogP contribution in [0.3, 0.4) is 0 Å². The molecule has 0 radical (unpaired) electrons. The molecule has 7 heteroatoms. The molecule has 0 amide bonds. The van der Waals surface area contributed by atoms with Gasteiger partial charge in [0.1, 0.15) is 4.90 Å². The van der Waals surface area contributed by atoms with E-state index in [2.05, 4.69) is 9.71 Å². The zero-order chi connectivity index (χ0) is 14.0. The van der Waals surface area contributed by atoms with Gasteiger partial charge < -0.3 is 10.1 Å². The quantitative estimate of drug-likeness (QED) is 0.920. The average molecular weight is 331 g/mol. The Morgan fingerprint density at radius 3 is 2.71 bits per heavy atom. The maximum absolute atomic E-state index is 11.9. The van der Waals surface area contributed by atoms with Crippen LogP contribution in [0.15, 0.2) is 33.6 Å². The Labute approximate surface area is 131 Å². The van der Waals surface area contributed by atoms with Crippen molar-refractivity contribution in [2.45, 2.75) is 24.2 Å². The maximum atomic E-state index is 11.9. The van der Waals surface area contributed by atoms with Gasteiger partial charge in [-0.3, -0.25) is 0 Å². The van der Waals surface area contributed by atoms with Gasteiger partial charge in [-0.2, -0.15) is 8.42 Å². The molecule has 0 atom stereocenters. The minimum Gasteiger partial charge on any atom is -0.477 e. The second-order valence-electron chi connectivity index (χ2n) is 5.20. The Hall–Kier alpha value is -1.11. The highest BCUT2D eigenvalue weighted by Crippen LogP contribution is 2.26. The molecule has 3 rings (SSSR count). The van der Waals surface area contributed by atoms with Crippen molar-refractivity contribution in [2.24, 2.45) is 10.3 Å². The third kappa shape index (κ3) is 3.56. The molecule has 0 bridgehead atoms. The molecule has 0 aromatic heterocycles. The summed E-state index contributed by atoms with van der Waals surface area (Å²) < 4.78 is 33.0. The fourth-order valence-corrected chi connectivity index (χ4v) is 3.82. The first-order valence-corrected chi connectivity index (χ1v) is 8.39. The molecule has 1 saturated heterocycles. The second-order valence-corrected chi connectivity index (χ2v) is 6.77. The van der Waals surface area contributed by atoms with Crippen molar-refractivity contribution in [1.29, 1.82) is 0 Å². The molecule has 0 aliphatic carbocycles. The lowest BCUT2D eigenvalue weighted by atomic mass is 9.95. The van der Waals surface area contributed by atoms with Gasteiger partial charge in [0.05, 0.1) is 12.2 Å². The molecule has 116 valence electrons. The van der Waals surface area contributed by atoms with Gasteiger partial charge in [-0.05, 0) is 50.4 Å². The molecular weight excluding hydrogens is 312 g/mol. The second kappa shape index (κ2) is 6.77. The smallest absolute Gasteiger partial charge is 0.286 e. The number of ether oxygens (including phenoxy) is 1. The lowest BCUT2D eigenvalue weighted by Gasteiger charge is -2.22. The standard InChI is InChI=1S/C14H18N2O3S.ClH/c17-20(18)13-4-2-1-3-12(13)14(16-20)19-10-7-11-5-8-15-9-6-11;/h1-4,11,15H,5-10H2;1H. The van der Waals surface area contributed by atoms with Gasteiger partial charge in [-0.25, -0.2) is 0 Å². The first-order valence-electron chi connectivity index (χ1n) is 6.95. The van der Waals surface area contributed by atoms with E-state index in [0.29, 0.717) is 18.1 Å². The highest BCUT2D eigenvalue weighted by molar-refractivity contribution is 7.90. The van der Waals surface area contributed by atoms with E-state index < -0.39 is 10.0 Å². The van der Waals surface area contributed by atoms with Crippen LogP contribution in [0.25, 0.3) is 0 Å². The van der Waals surface area contributed by atoms with Crippen molar-refractivity contribution in [2.75, 3.05) is 19.7 Å². The lowest BCUT2D eigenvalue weighted by molar-refractivity contribution is 0.244. The van der Waals surface area contributed by atoms with Crippen LogP contribution >= 0.6 is 12.4 Å². The first kappa shape index (κ1) is 16.3. The van der Waals surface area contributed by atoms with Gasteiger partial charge in [0.25, 0.3) is 10.0 Å². The normalized spacial score (nSPS) is 20.3. The molecule has 2 heterocycles. The van der Waals surface area contributed by atoms with Gasteiger partial charge in [0.15, 0.2) is 0 Å². The van der Waals surface area contributed by atoms with Crippen molar-refractivity contribution in [1.82, 2.24) is 5.32 Å². The minimum atomic E-state index is -3.56. The van der Waals surface area contributed by atoms with Crippen LogP contribution in [0, 0.1) is 5.92 Å². The SMILES string of the molecule is Cl.O=S1(=O)N=C(OCCC2CCNCC2)c2ccccc21. The molecule has 1 aromatic rings. The summed E-state index contributed by atoms with van der Waals surface area (Å²) in [5.74, 6) is 0.902. The van der Waals surface area contributed by atoms with E-state index in [1.54, 1.807) is 24.3 Å². The van der Waals surface area contributed by atoms with E-state index in [1.165, 1.54) is 0 Å². The van der Waals surface area contributed by atoms with E-state index >= 15 is 0 Å². The van der Waals surface area contributed by atoms with Crippen LogP contribution < -0.4 is 5.32 Å². The van der Waals surface area contributed by atoms with Crippen molar-refractivity contribution >= 4 is 28.3 Å². The highest BCUT2D eigenvalue weighted by Gasteiger charge is 2.29. The Bertz CT molecular complexity index is 625. The number of fused-ring (bicyclic) bond motifs is 1. The molecule has 5 nitrogen and oxygen atoms in total. The predicted molar refractivity (Wildman–Crippen MR) is 83.6 cm³/mol. The van der Waals surface area contributed by atoms with E-state index in [-0.39, 0.29) is 23.2 Å². The molecule has 2 aliphatic heterocycles. The van der Waals surface area contributed by atoms with Crippen LogP contribution in [-0.4, -0.2) is 34.0 Å². The van der Waals surface area contributed by atoms with Crippen LogP contribution in [-0.2, 0) is 14.8 Å². The highest BCUT2D eigenvalue weighted by atomic mass is 35.5. The van der Waals surface area contributed by atoms with Crippen LogP contribution in [0.4, 0.5) is 0 Å². The van der Waals surface area contributed by atoms with E-state index in [4.69, 9.17) is 4.74 Å². The monoisotopic (exact) mass is 330 g/mol. The topological polar surface area (TPSA) is 67.8 Å². The van der Waals surface area contributed by atoms with Gasteiger partial charge in [-0.15, -0.1) is 16.8 Å². The van der Waals surface area contributed by atoms with Crippen LogP contribution in [0.2, 0.25) is 0 Å². The molecule has 0 saturated carbocycles. The number of hydrogen-bond donors (Lipinski definition) is 1. The zero-order valence-corrected chi connectivity index (χ0v) is 13.3. The fourth-order valence-electron chi connectivity index (χ4n) is 2.67. The summed E-state index contributed by atoms with van der Waals surface area (Å²) in [6, 6.07) is 6.80. The summed E-state index contributed by atoms with van der Waals surface area (Å²) in [4.78, 5) is 0.247. The molecule has 0 unspecified atom stereocenters. The Kier molecular flexibility index (Phi) is 5.24. The van der Waals surface area contributed by atoms with E-state index in [0.717, 1.165) is 32.4 Å². The maximum Gasteiger partial charge on any atom is 0.286 e. The number of rotatable bonds is 3. The number of benzene rings is 1. The number of piperidine rings is 1.